The number of aryl methyl sites for hydroxylation is 3. The molecule has 1 aromatic heterocycles. The highest BCUT2D eigenvalue weighted by molar-refractivity contribution is 9.10. The molecule has 0 amide bonds. The van der Waals surface area contributed by atoms with Gasteiger partial charge in [0.15, 0.2) is 0 Å². The number of rotatable bonds is 8. The van der Waals surface area contributed by atoms with Crippen LogP contribution in [0.15, 0.2) is 83.3 Å². The minimum atomic E-state index is 0. The van der Waals surface area contributed by atoms with Gasteiger partial charge in [0, 0.05) is 17.3 Å². The molecule has 0 fully saturated rings. The van der Waals surface area contributed by atoms with Crippen LogP contribution in [0.1, 0.15) is 12.0 Å². The number of hydrogen-bond acceptors (Lipinski definition) is 2. The molecule has 0 radical (unpaired) electrons. The number of ether oxygens (including phenoxy) is 1. The van der Waals surface area contributed by atoms with Crippen molar-refractivity contribution in [3.63, 3.8) is 0 Å². The number of nitrogen functional groups attached to an aromatic ring is 1. The summed E-state index contributed by atoms with van der Waals surface area (Å²) >= 11 is 3.44. The summed E-state index contributed by atoms with van der Waals surface area (Å²) in [6.07, 6.45) is 1.84. The molecule has 4 nitrogen and oxygen atoms in total. The Bertz CT molecular complexity index is 1080. The van der Waals surface area contributed by atoms with Gasteiger partial charge in [0.05, 0.1) is 19.7 Å². The van der Waals surface area contributed by atoms with Crippen molar-refractivity contribution in [3.05, 3.63) is 88.9 Å². The van der Waals surface area contributed by atoms with Crippen LogP contribution in [0.3, 0.4) is 0 Å². The minimum absolute atomic E-state index is 0. The van der Waals surface area contributed by atoms with Crippen LogP contribution >= 0.6 is 15.9 Å². The predicted octanol–water partition coefficient (Wildman–Crippen LogP) is 1.99. The van der Waals surface area contributed by atoms with Gasteiger partial charge in [0.2, 0.25) is 0 Å². The van der Waals surface area contributed by atoms with Crippen molar-refractivity contribution in [3.8, 4) is 5.75 Å². The van der Waals surface area contributed by atoms with Crippen molar-refractivity contribution in [1.29, 1.82) is 0 Å². The fourth-order valence-electron chi connectivity index (χ4n) is 3.61. The monoisotopic (exact) mass is 485 g/mol. The molecule has 1 heterocycles. The largest absolute Gasteiger partial charge is 1.00 e. The molecule has 4 rings (SSSR count). The van der Waals surface area contributed by atoms with Crippen LogP contribution in [0.5, 0.6) is 5.75 Å². The van der Waals surface area contributed by atoms with Crippen LogP contribution < -0.4 is 27.4 Å². The molecule has 0 aliphatic rings. The summed E-state index contributed by atoms with van der Waals surface area (Å²) in [5.74, 6) is 1.68. The summed E-state index contributed by atoms with van der Waals surface area (Å²) in [7, 11) is 0. The van der Waals surface area contributed by atoms with Crippen molar-refractivity contribution in [2.75, 3.05) is 12.3 Å². The van der Waals surface area contributed by atoms with Gasteiger partial charge in [-0.05, 0) is 42.0 Å². The summed E-state index contributed by atoms with van der Waals surface area (Å²) < 4.78 is 11.3. The highest BCUT2D eigenvalue weighted by Crippen LogP contribution is 2.18. The van der Waals surface area contributed by atoms with Gasteiger partial charge in [-0.1, -0.05) is 58.4 Å². The molecule has 0 saturated carbocycles. The van der Waals surface area contributed by atoms with E-state index in [9.17, 15) is 0 Å². The first kappa shape index (κ1) is 22.2. The van der Waals surface area contributed by atoms with Gasteiger partial charge >= 0.3 is 5.95 Å². The Labute approximate surface area is 191 Å². The Hall–Kier alpha value is -2.50. The van der Waals surface area contributed by atoms with Crippen molar-refractivity contribution < 1.29 is 21.7 Å². The number of nitrogens with zero attached hydrogens (tertiary/aromatic N) is 2. The van der Waals surface area contributed by atoms with Gasteiger partial charge in [-0.15, -0.1) is 0 Å². The lowest BCUT2D eigenvalue weighted by Gasteiger charge is -2.06. The SMILES string of the molecule is Nc1n(CCc2ccccc2)c2ccccc2[n+]1CCCOc1ccc(Br)cc1.[Cl-]. The molecular formula is C24H25BrClN3O. The summed E-state index contributed by atoms with van der Waals surface area (Å²) in [6.45, 7) is 2.33. The molecule has 156 valence electrons. The van der Waals surface area contributed by atoms with Crippen LogP contribution in [0.4, 0.5) is 5.95 Å². The van der Waals surface area contributed by atoms with Crippen LogP contribution in [0, 0.1) is 0 Å². The first-order valence-corrected chi connectivity index (χ1v) is 10.7. The maximum Gasteiger partial charge on any atom is 0.356 e. The van der Waals surface area contributed by atoms with Gasteiger partial charge in [0.1, 0.15) is 16.8 Å². The third-order valence-corrected chi connectivity index (χ3v) is 5.62. The number of nitrogens with two attached hydrogens (primary N) is 1. The fraction of sp³-hybridized carbons (Fsp3) is 0.208. The van der Waals surface area contributed by atoms with Gasteiger partial charge < -0.3 is 17.1 Å². The zero-order valence-electron chi connectivity index (χ0n) is 16.7. The molecule has 0 aliphatic heterocycles. The Kier molecular flexibility index (Phi) is 7.77. The molecule has 6 heteroatoms. The van der Waals surface area contributed by atoms with E-state index in [-0.39, 0.29) is 12.4 Å². The second kappa shape index (κ2) is 10.5. The zero-order valence-corrected chi connectivity index (χ0v) is 19.0. The molecule has 2 N–H and O–H groups in total. The third-order valence-electron chi connectivity index (χ3n) is 5.09. The average molecular weight is 487 g/mol. The zero-order chi connectivity index (χ0) is 20.1. The van der Waals surface area contributed by atoms with Crippen LogP contribution in [-0.4, -0.2) is 11.2 Å². The van der Waals surface area contributed by atoms with Gasteiger partial charge in [0.25, 0.3) is 0 Å². The maximum absolute atomic E-state index is 6.57. The number of aromatic nitrogens is 2. The topological polar surface area (TPSA) is 44.1 Å². The normalized spacial score (nSPS) is 10.7. The average Bonchev–Trinajstić information content (AvgIpc) is 3.02. The second-order valence-corrected chi connectivity index (χ2v) is 7.96. The van der Waals surface area contributed by atoms with Crippen LogP contribution in [0.25, 0.3) is 11.0 Å². The van der Waals surface area contributed by atoms with E-state index < -0.39 is 0 Å². The number of halogens is 2. The number of benzene rings is 3. The summed E-state index contributed by atoms with van der Waals surface area (Å²) in [4.78, 5) is 0. The lowest BCUT2D eigenvalue weighted by atomic mass is 10.1. The van der Waals surface area contributed by atoms with E-state index in [1.54, 1.807) is 0 Å². The van der Waals surface area contributed by atoms with Gasteiger partial charge in [-0.2, -0.15) is 0 Å². The molecule has 0 unspecified atom stereocenters. The maximum atomic E-state index is 6.57. The smallest absolute Gasteiger partial charge is 0.356 e. The first-order chi connectivity index (χ1) is 14.2. The van der Waals surface area contributed by atoms with E-state index in [1.807, 2.05) is 30.3 Å². The molecule has 30 heavy (non-hydrogen) atoms. The van der Waals surface area contributed by atoms with Crippen molar-refractivity contribution in [1.82, 2.24) is 4.57 Å². The number of anilines is 1. The summed E-state index contributed by atoms with van der Waals surface area (Å²) in [5, 5.41) is 0. The first-order valence-electron chi connectivity index (χ1n) is 9.91. The summed E-state index contributed by atoms with van der Waals surface area (Å²) in [6, 6.07) is 26.9. The highest BCUT2D eigenvalue weighted by atomic mass is 79.9. The van der Waals surface area contributed by atoms with E-state index in [0.717, 1.165) is 42.1 Å². The van der Waals surface area contributed by atoms with E-state index in [0.29, 0.717) is 6.61 Å². The molecule has 0 atom stereocenters. The van der Waals surface area contributed by atoms with Crippen LogP contribution in [0.2, 0.25) is 0 Å². The van der Waals surface area contributed by atoms with E-state index >= 15 is 0 Å². The number of hydrogen-bond donors (Lipinski definition) is 1. The van der Waals surface area contributed by atoms with E-state index in [4.69, 9.17) is 10.5 Å². The second-order valence-electron chi connectivity index (χ2n) is 7.04. The molecule has 3 aromatic carbocycles. The standard InChI is InChI=1S/C24H24BrN3O.ClH/c25-20-11-13-21(14-12-20)29-18-6-16-27-22-9-4-5-10-23(22)28(24(27)26)17-15-19-7-2-1-3-8-19;/h1-5,7-14,26H,6,15-18H2;1H. The summed E-state index contributed by atoms with van der Waals surface area (Å²) in [5.41, 5.74) is 10.2. The Morgan fingerprint density at radius 1 is 0.900 bits per heavy atom. The Morgan fingerprint density at radius 2 is 1.60 bits per heavy atom. The lowest BCUT2D eigenvalue weighted by molar-refractivity contribution is -0.657. The molecule has 0 saturated heterocycles. The molecule has 0 bridgehead atoms. The number of imidazole rings is 1. The number of fused-ring (bicyclic) bond motifs is 1. The fourth-order valence-corrected chi connectivity index (χ4v) is 3.88. The Morgan fingerprint density at radius 3 is 2.37 bits per heavy atom. The molecule has 0 aliphatic carbocycles. The van der Waals surface area contributed by atoms with Crippen LogP contribution in [-0.2, 0) is 19.5 Å². The predicted molar refractivity (Wildman–Crippen MR) is 121 cm³/mol. The molecular weight excluding hydrogens is 462 g/mol. The molecule has 0 spiro atoms. The third kappa shape index (κ3) is 5.15. The van der Waals surface area contributed by atoms with Crippen molar-refractivity contribution in [2.45, 2.75) is 25.9 Å². The quantitative estimate of drug-likeness (QED) is 0.306. The Balaban J connectivity index is 0.00000256. The molecule has 4 aromatic rings. The number of para-hydroxylation sites is 2. The van der Waals surface area contributed by atoms with E-state index in [2.05, 4.69) is 73.6 Å². The van der Waals surface area contributed by atoms with E-state index in [1.165, 1.54) is 16.6 Å². The minimum Gasteiger partial charge on any atom is -1.00 e. The van der Waals surface area contributed by atoms with Crippen molar-refractivity contribution >= 4 is 32.9 Å². The highest BCUT2D eigenvalue weighted by Gasteiger charge is 2.20. The van der Waals surface area contributed by atoms with Crippen molar-refractivity contribution in [2.24, 2.45) is 0 Å². The van der Waals surface area contributed by atoms with Gasteiger partial charge in [-0.3, -0.25) is 5.73 Å². The van der Waals surface area contributed by atoms with Gasteiger partial charge in [-0.25, -0.2) is 9.13 Å². The lowest BCUT2D eigenvalue weighted by Crippen LogP contribution is -3.00.